The number of nitrogens with one attached hydrogen (secondary N) is 3. The topological polar surface area (TPSA) is 74.8 Å². The molecule has 1 aromatic rings. The fourth-order valence-electron chi connectivity index (χ4n) is 2.92. The molecule has 6 heteroatoms. The summed E-state index contributed by atoms with van der Waals surface area (Å²) in [4.78, 5) is 16.4. The molecule has 28 heavy (non-hydrogen) atoms. The minimum atomic E-state index is 0.219. The fourth-order valence-corrected chi connectivity index (χ4v) is 2.92. The van der Waals surface area contributed by atoms with Gasteiger partial charge in [0.25, 0.3) is 0 Å². The molecule has 1 aliphatic carbocycles. The van der Waals surface area contributed by atoms with Crippen LogP contribution in [0.2, 0.25) is 0 Å². The summed E-state index contributed by atoms with van der Waals surface area (Å²) in [5.41, 5.74) is 1.19. The number of amides is 1. The third kappa shape index (κ3) is 8.74. The molecular formula is C22H36N4O2. The minimum absolute atomic E-state index is 0.219. The maximum absolute atomic E-state index is 11.8. The van der Waals surface area contributed by atoms with Crippen molar-refractivity contribution in [1.29, 1.82) is 0 Å². The molecule has 1 amide bonds. The Balaban J connectivity index is 1.58. The van der Waals surface area contributed by atoms with Gasteiger partial charge in [0.05, 0.1) is 13.2 Å². The van der Waals surface area contributed by atoms with Crippen molar-refractivity contribution in [1.82, 2.24) is 16.0 Å². The predicted octanol–water partition coefficient (Wildman–Crippen LogP) is 2.70. The first-order valence-corrected chi connectivity index (χ1v) is 10.6. The van der Waals surface area contributed by atoms with Crippen LogP contribution in [0, 0.1) is 11.8 Å². The number of carbonyl (C=O) groups excluding carboxylic acids is 1. The van der Waals surface area contributed by atoms with Gasteiger partial charge < -0.3 is 20.7 Å². The Labute approximate surface area is 169 Å². The Hall–Kier alpha value is -2.08. The van der Waals surface area contributed by atoms with Crippen LogP contribution >= 0.6 is 0 Å². The molecule has 1 atom stereocenters. The second-order valence-electron chi connectivity index (χ2n) is 7.52. The molecule has 1 fully saturated rings. The zero-order valence-corrected chi connectivity index (χ0v) is 17.4. The summed E-state index contributed by atoms with van der Waals surface area (Å²) >= 11 is 0. The van der Waals surface area contributed by atoms with Gasteiger partial charge in [-0.25, -0.2) is 0 Å². The molecule has 0 heterocycles. The standard InChI is InChI=1S/C22H36N4O2/c1-3-23-22(25-14-8-13-24-21(27)20-11-7-12-20)26-15-18(2)16-28-17-19-9-5-4-6-10-19/h4-6,9-10,18,20H,3,7-8,11-17H2,1-2H3,(H,24,27)(H2,23,25,26). The highest BCUT2D eigenvalue weighted by molar-refractivity contribution is 5.80. The number of aliphatic imine (C=N–C) groups is 1. The summed E-state index contributed by atoms with van der Waals surface area (Å²) in [6.45, 7) is 8.56. The highest BCUT2D eigenvalue weighted by Gasteiger charge is 2.24. The molecule has 0 bridgehead atoms. The van der Waals surface area contributed by atoms with Gasteiger partial charge in [-0.2, -0.15) is 0 Å². The van der Waals surface area contributed by atoms with E-state index in [1.165, 1.54) is 12.0 Å². The Morgan fingerprint density at radius 2 is 1.93 bits per heavy atom. The van der Waals surface area contributed by atoms with Gasteiger partial charge in [-0.15, -0.1) is 0 Å². The van der Waals surface area contributed by atoms with Crippen molar-refractivity contribution >= 4 is 11.9 Å². The highest BCUT2D eigenvalue weighted by atomic mass is 16.5. The van der Waals surface area contributed by atoms with Gasteiger partial charge >= 0.3 is 0 Å². The second kappa shape index (κ2) is 13.2. The second-order valence-corrected chi connectivity index (χ2v) is 7.52. The largest absolute Gasteiger partial charge is 0.376 e. The molecule has 0 saturated heterocycles. The number of nitrogens with zero attached hydrogens (tertiary/aromatic N) is 1. The first-order valence-electron chi connectivity index (χ1n) is 10.6. The van der Waals surface area contributed by atoms with Crippen molar-refractivity contribution in [2.75, 3.05) is 32.8 Å². The van der Waals surface area contributed by atoms with Crippen LogP contribution in [0.1, 0.15) is 45.1 Å². The SMILES string of the molecule is CCNC(=NCC(C)COCc1ccccc1)NCCCNC(=O)C1CCC1. The third-order valence-corrected chi connectivity index (χ3v) is 4.84. The predicted molar refractivity (Wildman–Crippen MR) is 114 cm³/mol. The molecule has 0 spiro atoms. The summed E-state index contributed by atoms with van der Waals surface area (Å²) in [7, 11) is 0. The van der Waals surface area contributed by atoms with Crippen LogP contribution < -0.4 is 16.0 Å². The number of benzene rings is 1. The lowest BCUT2D eigenvalue weighted by molar-refractivity contribution is -0.127. The molecule has 1 saturated carbocycles. The molecule has 2 rings (SSSR count). The maximum Gasteiger partial charge on any atom is 0.223 e. The van der Waals surface area contributed by atoms with E-state index in [1.807, 2.05) is 18.2 Å². The quantitative estimate of drug-likeness (QED) is 0.292. The summed E-state index contributed by atoms with van der Waals surface area (Å²) in [6.07, 6.45) is 4.18. The average molecular weight is 389 g/mol. The molecule has 1 unspecified atom stereocenters. The van der Waals surface area contributed by atoms with Crippen molar-refractivity contribution in [3.8, 4) is 0 Å². The molecule has 1 aliphatic rings. The van der Waals surface area contributed by atoms with Crippen LogP contribution in [-0.4, -0.2) is 44.7 Å². The van der Waals surface area contributed by atoms with Crippen LogP contribution in [0.25, 0.3) is 0 Å². The smallest absolute Gasteiger partial charge is 0.223 e. The number of guanidine groups is 1. The Morgan fingerprint density at radius 3 is 2.61 bits per heavy atom. The lowest BCUT2D eigenvalue weighted by Crippen LogP contribution is -2.40. The van der Waals surface area contributed by atoms with Crippen molar-refractivity contribution in [2.45, 2.75) is 46.1 Å². The van der Waals surface area contributed by atoms with Crippen LogP contribution in [0.4, 0.5) is 0 Å². The van der Waals surface area contributed by atoms with E-state index in [-0.39, 0.29) is 11.8 Å². The monoisotopic (exact) mass is 388 g/mol. The normalized spacial score (nSPS) is 15.6. The molecular weight excluding hydrogens is 352 g/mol. The number of carbonyl (C=O) groups is 1. The maximum atomic E-state index is 11.8. The summed E-state index contributed by atoms with van der Waals surface area (Å²) in [5.74, 6) is 1.65. The van der Waals surface area contributed by atoms with E-state index in [1.54, 1.807) is 0 Å². The molecule has 0 aliphatic heterocycles. The van der Waals surface area contributed by atoms with Gasteiger partial charge in [-0.1, -0.05) is 43.7 Å². The summed E-state index contributed by atoms with van der Waals surface area (Å²) < 4.78 is 5.79. The van der Waals surface area contributed by atoms with Crippen LogP contribution in [0.3, 0.4) is 0 Å². The van der Waals surface area contributed by atoms with E-state index in [0.29, 0.717) is 32.2 Å². The Kier molecular flexibility index (Phi) is 10.4. The Morgan fingerprint density at radius 1 is 1.18 bits per heavy atom. The van der Waals surface area contributed by atoms with Crippen LogP contribution in [0.15, 0.2) is 35.3 Å². The van der Waals surface area contributed by atoms with Crippen molar-refractivity contribution < 1.29 is 9.53 Å². The molecule has 3 N–H and O–H groups in total. The van der Waals surface area contributed by atoms with Gasteiger partial charge in [0.2, 0.25) is 5.91 Å². The van der Waals surface area contributed by atoms with Crippen molar-refractivity contribution in [3.63, 3.8) is 0 Å². The van der Waals surface area contributed by atoms with Crippen molar-refractivity contribution in [2.24, 2.45) is 16.8 Å². The van der Waals surface area contributed by atoms with E-state index in [0.717, 1.165) is 38.3 Å². The number of ether oxygens (including phenoxy) is 1. The zero-order valence-electron chi connectivity index (χ0n) is 17.4. The van der Waals surface area contributed by atoms with E-state index in [2.05, 4.69) is 46.9 Å². The average Bonchev–Trinajstić information content (AvgIpc) is 2.65. The van der Waals surface area contributed by atoms with Crippen molar-refractivity contribution in [3.05, 3.63) is 35.9 Å². The third-order valence-electron chi connectivity index (χ3n) is 4.84. The fraction of sp³-hybridized carbons (Fsp3) is 0.636. The van der Waals surface area contributed by atoms with Gasteiger partial charge in [0.1, 0.15) is 0 Å². The van der Waals surface area contributed by atoms with E-state index < -0.39 is 0 Å². The van der Waals surface area contributed by atoms with E-state index in [9.17, 15) is 4.79 Å². The zero-order chi connectivity index (χ0) is 20.0. The lowest BCUT2D eigenvalue weighted by atomic mass is 9.85. The Bertz CT molecular complexity index is 587. The minimum Gasteiger partial charge on any atom is -0.376 e. The van der Waals surface area contributed by atoms with Crippen LogP contribution in [-0.2, 0) is 16.1 Å². The molecule has 0 aromatic heterocycles. The molecule has 6 nitrogen and oxygen atoms in total. The lowest BCUT2D eigenvalue weighted by Gasteiger charge is -2.24. The van der Waals surface area contributed by atoms with E-state index >= 15 is 0 Å². The number of hydrogen-bond acceptors (Lipinski definition) is 3. The first kappa shape index (κ1) is 22.2. The van der Waals surface area contributed by atoms with Gasteiger partial charge in [0, 0.05) is 32.1 Å². The highest BCUT2D eigenvalue weighted by Crippen LogP contribution is 2.25. The first-order chi connectivity index (χ1) is 13.7. The number of hydrogen-bond donors (Lipinski definition) is 3. The van der Waals surface area contributed by atoms with Gasteiger partial charge in [0.15, 0.2) is 5.96 Å². The van der Waals surface area contributed by atoms with Gasteiger partial charge in [-0.3, -0.25) is 9.79 Å². The molecule has 0 radical (unpaired) electrons. The van der Waals surface area contributed by atoms with Gasteiger partial charge in [-0.05, 0) is 37.7 Å². The van der Waals surface area contributed by atoms with Crippen LogP contribution in [0.5, 0.6) is 0 Å². The summed E-state index contributed by atoms with van der Waals surface area (Å²) in [6, 6.07) is 10.2. The number of rotatable bonds is 12. The molecule has 1 aromatic carbocycles. The molecule has 156 valence electrons. The van der Waals surface area contributed by atoms with E-state index in [4.69, 9.17) is 4.74 Å². The summed E-state index contributed by atoms with van der Waals surface area (Å²) in [5, 5.41) is 9.62.